The first kappa shape index (κ1) is 9.06. The van der Waals surface area contributed by atoms with Crippen LogP contribution in [0.15, 0.2) is 17.2 Å². The molecule has 0 fully saturated rings. The standard InChI is InChI=1S/C7H5N5O3/c13-4-1-3(7(14)15)10-6(11-4)5-8-2-9-12-5/h1-2H,(H,14,15)(H,8,9,12)(H,10,11,13). The third-order valence-corrected chi connectivity index (χ3v) is 1.60. The van der Waals surface area contributed by atoms with E-state index in [1.165, 1.54) is 6.33 Å². The van der Waals surface area contributed by atoms with Crippen molar-refractivity contribution in [2.75, 3.05) is 0 Å². The van der Waals surface area contributed by atoms with Crippen molar-refractivity contribution in [2.24, 2.45) is 0 Å². The number of aromatic carboxylic acids is 1. The first-order chi connectivity index (χ1) is 7.16. The van der Waals surface area contributed by atoms with E-state index in [1.807, 2.05) is 0 Å². The molecule has 15 heavy (non-hydrogen) atoms. The number of H-pyrrole nitrogens is 2. The lowest BCUT2D eigenvalue weighted by Gasteiger charge is -1.96. The lowest BCUT2D eigenvalue weighted by atomic mass is 10.4. The second-order valence-corrected chi connectivity index (χ2v) is 2.62. The van der Waals surface area contributed by atoms with Crippen LogP contribution in [0, 0.1) is 0 Å². The van der Waals surface area contributed by atoms with E-state index in [9.17, 15) is 9.59 Å². The summed E-state index contributed by atoms with van der Waals surface area (Å²) in [6, 6.07) is 0.891. The highest BCUT2D eigenvalue weighted by molar-refractivity contribution is 5.85. The summed E-state index contributed by atoms with van der Waals surface area (Å²) >= 11 is 0. The average Bonchev–Trinajstić information content (AvgIpc) is 2.69. The quantitative estimate of drug-likeness (QED) is 0.595. The fraction of sp³-hybridized carbons (Fsp3) is 0. The Balaban J connectivity index is 2.59. The average molecular weight is 207 g/mol. The van der Waals surface area contributed by atoms with E-state index in [-0.39, 0.29) is 17.3 Å². The largest absolute Gasteiger partial charge is 0.477 e. The minimum Gasteiger partial charge on any atom is -0.477 e. The normalized spacial score (nSPS) is 10.1. The molecule has 0 radical (unpaired) electrons. The summed E-state index contributed by atoms with van der Waals surface area (Å²) in [5.41, 5.74) is -0.904. The van der Waals surface area contributed by atoms with Crippen LogP contribution in [-0.4, -0.2) is 36.2 Å². The Labute approximate surface area is 82.0 Å². The van der Waals surface area contributed by atoms with Gasteiger partial charge in [-0.05, 0) is 0 Å². The first-order valence-corrected chi connectivity index (χ1v) is 3.87. The van der Waals surface area contributed by atoms with Crippen LogP contribution in [0.5, 0.6) is 0 Å². The van der Waals surface area contributed by atoms with E-state index in [0.29, 0.717) is 0 Å². The molecule has 0 aromatic carbocycles. The Morgan fingerprint density at radius 3 is 2.80 bits per heavy atom. The minimum absolute atomic E-state index is 0.0393. The maximum atomic E-state index is 11.1. The number of aromatic nitrogens is 5. The molecule has 0 spiro atoms. The van der Waals surface area contributed by atoms with Gasteiger partial charge >= 0.3 is 5.97 Å². The molecule has 0 aliphatic rings. The third kappa shape index (κ3) is 1.73. The van der Waals surface area contributed by atoms with E-state index < -0.39 is 11.5 Å². The number of hydrogen-bond donors (Lipinski definition) is 3. The molecule has 2 aromatic heterocycles. The number of rotatable bonds is 2. The van der Waals surface area contributed by atoms with Gasteiger partial charge in [0.25, 0.3) is 5.56 Å². The van der Waals surface area contributed by atoms with Gasteiger partial charge in [0.2, 0.25) is 0 Å². The van der Waals surface area contributed by atoms with Crippen molar-refractivity contribution in [1.29, 1.82) is 0 Å². The van der Waals surface area contributed by atoms with Gasteiger partial charge in [0.15, 0.2) is 17.3 Å². The van der Waals surface area contributed by atoms with Gasteiger partial charge in [-0.1, -0.05) is 0 Å². The highest BCUT2D eigenvalue weighted by atomic mass is 16.4. The zero-order chi connectivity index (χ0) is 10.8. The van der Waals surface area contributed by atoms with Crippen molar-refractivity contribution in [3.63, 3.8) is 0 Å². The molecule has 76 valence electrons. The molecule has 0 unspecified atom stereocenters. The van der Waals surface area contributed by atoms with Gasteiger partial charge < -0.3 is 10.1 Å². The van der Waals surface area contributed by atoms with Crippen molar-refractivity contribution >= 4 is 5.97 Å². The second-order valence-electron chi connectivity index (χ2n) is 2.62. The summed E-state index contributed by atoms with van der Waals surface area (Å²) in [6.45, 7) is 0. The molecular weight excluding hydrogens is 202 g/mol. The van der Waals surface area contributed by atoms with Gasteiger partial charge in [0, 0.05) is 6.07 Å². The lowest BCUT2D eigenvalue weighted by Crippen LogP contribution is -2.14. The summed E-state index contributed by atoms with van der Waals surface area (Å²) in [5.74, 6) is -1.03. The molecule has 0 aliphatic heterocycles. The maximum absolute atomic E-state index is 11.1. The van der Waals surface area contributed by atoms with E-state index >= 15 is 0 Å². The Morgan fingerprint density at radius 2 is 2.20 bits per heavy atom. The predicted octanol–water partition coefficient (Wildman–Crippen LogP) is -0.747. The van der Waals surface area contributed by atoms with Crippen molar-refractivity contribution in [2.45, 2.75) is 0 Å². The fourth-order valence-electron chi connectivity index (χ4n) is 0.999. The van der Waals surface area contributed by atoms with Crippen LogP contribution < -0.4 is 5.56 Å². The monoisotopic (exact) mass is 207 g/mol. The topological polar surface area (TPSA) is 125 Å². The number of nitrogens with zero attached hydrogens (tertiary/aromatic N) is 3. The van der Waals surface area contributed by atoms with Crippen LogP contribution in [0.1, 0.15) is 10.5 Å². The van der Waals surface area contributed by atoms with Gasteiger partial charge in [0.05, 0.1) is 0 Å². The molecule has 0 bridgehead atoms. The number of hydrogen-bond acceptors (Lipinski definition) is 5. The van der Waals surface area contributed by atoms with E-state index in [2.05, 4.69) is 25.1 Å². The summed E-state index contributed by atoms with van der Waals surface area (Å²) in [7, 11) is 0. The molecule has 2 heterocycles. The van der Waals surface area contributed by atoms with Gasteiger partial charge in [0.1, 0.15) is 6.33 Å². The molecular formula is C7H5N5O3. The maximum Gasteiger partial charge on any atom is 0.354 e. The van der Waals surface area contributed by atoms with Crippen LogP contribution in [0.3, 0.4) is 0 Å². The van der Waals surface area contributed by atoms with Crippen molar-refractivity contribution in [3.05, 3.63) is 28.4 Å². The van der Waals surface area contributed by atoms with Crippen LogP contribution in [0.25, 0.3) is 11.6 Å². The molecule has 8 nitrogen and oxygen atoms in total. The van der Waals surface area contributed by atoms with E-state index in [4.69, 9.17) is 5.11 Å². The molecule has 0 atom stereocenters. The smallest absolute Gasteiger partial charge is 0.354 e. The van der Waals surface area contributed by atoms with Crippen LogP contribution in [0.2, 0.25) is 0 Å². The van der Waals surface area contributed by atoms with E-state index in [0.717, 1.165) is 6.07 Å². The number of aromatic amines is 2. The summed E-state index contributed by atoms with van der Waals surface area (Å²) < 4.78 is 0. The van der Waals surface area contributed by atoms with Crippen molar-refractivity contribution < 1.29 is 9.90 Å². The summed E-state index contributed by atoms with van der Waals surface area (Å²) in [4.78, 5) is 31.5. The molecule has 0 aliphatic carbocycles. The number of carbonyl (C=O) groups is 1. The summed E-state index contributed by atoms with van der Waals surface area (Å²) in [5, 5.41) is 14.7. The number of nitrogens with one attached hydrogen (secondary N) is 2. The molecule has 2 rings (SSSR count). The van der Waals surface area contributed by atoms with Gasteiger partial charge in [-0.3, -0.25) is 9.89 Å². The zero-order valence-electron chi connectivity index (χ0n) is 7.26. The Hall–Kier alpha value is -2.51. The molecule has 2 aromatic rings. The molecule has 0 amide bonds. The Kier molecular flexibility index (Phi) is 2.01. The van der Waals surface area contributed by atoms with Crippen molar-refractivity contribution in [1.82, 2.24) is 25.1 Å². The van der Waals surface area contributed by atoms with Gasteiger partial charge in [-0.15, -0.1) is 0 Å². The second kappa shape index (κ2) is 3.33. The van der Waals surface area contributed by atoms with Gasteiger partial charge in [-0.2, -0.15) is 5.10 Å². The van der Waals surface area contributed by atoms with E-state index in [1.54, 1.807) is 0 Å². The summed E-state index contributed by atoms with van der Waals surface area (Å²) in [6.07, 6.45) is 1.22. The van der Waals surface area contributed by atoms with Crippen LogP contribution in [-0.2, 0) is 0 Å². The molecule has 0 saturated carbocycles. The number of carboxylic acids is 1. The van der Waals surface area contributed by atoms with Crippen LogP contribution in [0.4, 0.5) is 0 Å². The SMILES string of the molecule is O=C(O)c1cc(=O)[nH]c(-c2ncn[nH]2)n1. The predicted molar refractivity (Wildman–Crippen MR) is 47.2 cm³/mol. The fourth-order valence-corrected chi connectivity index (χ4v) is 0.999. The number of carboxylic acid groups (broad SMARTS) is 1. The van der Waals surface area contributed by atoms with Crippen molar-refractivity contribution in [3.8, 4) is 11.6 Å². The molecule has 0 saturated heterocycles. The minimum atomic E-state index is -1.28. The highest BCUT2D eigenvalue weighted by Gasteiger charge is 2.10. The Morgan fingerprint density at radius 1 is 1.40 bits per heavy atom. The molecule has 3 N–H and O–H groups in total. The molecule has 8 heteroatoms. The lowest BCUT2D eigenvalue weighted by molar-refractivity contribution is 0.0690. The highest BCUT2D eigenvalue weighted by Crippen LogP contribution is 2.04. The first-order valence-electron chi connectivity index (χ1n) is 3.87. The Bertz CT molecular complexity index is 544. The van der Waals surface area contributed by atoms with Gasteiger partial charge in [-0.25, -0.2) is 14.8 Å². The van der Waals surface area contributed by atoms with Crippen LogP contribution >= 0.6 is 0 Å². The third-order valence-electron chi connectivity index (χ3n) is 1.60. The zero-order valence-corrected chi connectivity index (χ0v) is 7.26.